The molecule has 2 aromatic rings. The minimum atomic E-state index is -0.461. The summed E-state index contributed by atoms with van der Waals surface area (Å²) in [6, 6.07) is 7.85. The number of carbonyl (C=O) groups is 1. The predicted molar refractivity (Wildman–Crippen MR) is 72.0 cm³/mol. The molecule has 1 N–H and O–H groups in total. The summed E-state index contributed by atoms with van der Waals surface area (Å²) in [4.78, 5) is 12.0. The van der Waals surface area contributed by atoms with Gasteiger partial charge >= 0.3 is 0 Å². The van der Waals surface area contributed by atoms with Gasteiger partial charge in [-0.3, -0.25) is 4.79 Å². The van der Waals surface area contributed by atoms with E-state index in [1.54, 1.807) is 6.92 Å². The Kier molecular flexibility index (Phi) is 3.98. The van der Waals surface area contributed by atoms with Crippen LogP contribution in [-0.4, -0.2) is 13.0 Å². The van der Waals surface area contributed by atoms with Crippen LogP contribution in [0.4, 0.5) is 14.5 Å². The molecule has 0 saturated heterocycles. The lowest BCUT2D eigenvalue weighted by Gasteiger charge is -2.10. The van der Waals surface area contributed by atoms with Crippen LogP contribution >= 0.6 is 0 Å². The van der Waals surface area contributed by atoms with Gasteiger partial charge in [0, 0.05) is 11.6 Å². The topological polar surface area (TPSA) is 38.3 Å². The smallest absolute Gasteiger partial charge is 0.255 e. The molecule has 5 heteroatoms. The van der Waals surface area contributed by atoms with E-state index in [1.165, 1.54) is 43.5 Å². The van der Waals surface area contributed by atoms with Gasteiger partial charge in [-0.2, -0.15) is 0 Å². The van der Waals surface area contributed by atoms with Gasteiger partial charge in [0.2, 0.25) is 0 Å². The second kappa shape index (κ2) is 5.69. The lowest BCUT2D eigenvalue weighted by Crippen LogP contribution is -2.13. The van der Waals surface area contributed by atoms with Crippen molar-refractivity contribution in [3.05, 3.63) is 59.2 Å². The Labute approximate surface area is 115 Å². The van der Waals surface area contributed by atoms with Crippen LogP contribution in [0.25, 0.3) is 0 Å². The highest BCUT2D eigenvalue weighted by atomic mass is 19.1. The fourth-order valence-electron chi connectivity index (χ4n) is 1.75. The molecule has 0 fully saturated rings. The first-order valence-electron chi connectivity index (χ1n) is 5.92. The fraction of sp³-hybridized carbons (Fsp3) is 0.133. The van der Waals surface area contributed by atoms with E-state index >= 15 is 0 Å². The molecule has 2 rings (SSSR count). The molecule has 1 amide bonds. The average molecular weight is 277 g/mol. The van der Waals surface area contributed by atoms with E-state index in [-0.39, 0.29) is 11.6 Å². The number of halogens is 2. The highest BCUT2D eigenvalue weighted by molar-refractivity contribution is 6.05. The molecule has 0 aliphatic heterocycles. The molecule has 104 valence electrons. The molecule has 0 aliphatic carbocycles. The van der Waals surface area contributed by atoms with Crippen molar-refractivity contribution in [1.82, 2.24) is 0 Å². The summed E-state index contributed by atoms with van der Waals surface area (Å²) in [5, 5.41) is 2.60. The molecule has 0 atom stereocenters. The monoisotopic (exact) mass is 277 g/mol. The third kappa shape index (κ3) is 2.93. The van der Waals surface area contributed by atoms with E-state index in [0.29, 0.717) is 16.8 Å². The quantitative estimate of drug-likeness (QED) is 0.932. The molecule has 0 aromatic heterocycles. The third-order valence-electron chi connectivity index (χ3n) is 2.83. The molecule has 0 radical (unpaired) electrons. The molecule has 0 aliphatic rings. The van der Waals surface area contributed by atoms with Gasteiger partial charge < -0.3 is 10.1 Å². The van der Waals surface area contributed by atoms with Crippen molar-refractivity contribution in [2.24, 2.45) is 0 Å². The summed E-state index contributed by atoms with van der Waals surface area (Å²) in [5.41, 5.74) is 1.04. The largest absolute Gasteiger partial charge is 0.494 e. The Balaban J connectivity index is 2.25. The van der Waals surface area contributed by atoms with E-state index in [4.69, 9.17) is 4.74 Å². The molecule has 0 bridgehead atoms. The van der Waals surface area contributed by atoms with Crippen LogP contribution < -0.4 is 10.1 Å². The van der Waals surface area contributed by atoms with Gasteiger partial charge in [0.15, 0.2) is 0 Å². The highest BCUT2D eigenvalue weighted by Gasteiger charge is 2.11. The minimum Gasteiger partial charge on any atom is -0.494 e. The average Bonchev–Trinajstić information content (AvgIpc) is 2.43. The Morgan fingerprint density at radius 1 is 1.15 bits per heavy atom. The standard InChI is InChI=1S/C15H13F2NO2/c1-9-7-10(3-5-12(9)17)15(19)18-13-6-4-11(16)8-14(13)20-2/h3-8H,1-2H3,(H,18,19). The van der Waals surface area contributed by atoms with Crippen LogP contribution in [0, 0.1) is 18.6 Å². The second-order valence-electron chi connectivity index (χ2n) is 4.26. The number of carbonyl (C=O) groups excluding carboxylic acids is 1. The molecular formula is C15H13F2NO2. The Bertz CT molecular complexity index is 656. The molecule has 0 heterocycles. The Hall–Kier alpha value is -2.43. The number of benzene rings is 2. The molecule has 20 heavy (non-hydrogen) atoms. The number of aryl methyl sites for hydroxylation is 1. The van der Waals surface area contributed by atoms with Crippen LogP contribution in [0.5, 0.6) is 5.75 Å². The summed E-state index contributed by atoms with van der Waals surface area (Å²) < 4.78 is 31.2. The Morgan fingerprint density at radius 3 is 2.55 bits per heavy atom. The summed E-state index contributed by atoms with van der Waals surface area (Å²) >= 11 is 0. The van der Waals surface area contributed by atoms with Crippen LogP contribution in [0.3, 0.4) is 0 Å². The first-order valence-corrected chi connectivity index (χ1v) is 5.92. The van der Waals surface area contributed by atoms with Gasteiger partial charge in [-0.25, -0.2) is 8.78 Å². The van der Waals surface area contributed by atoms with Crippen molar-refractivity contribution in [3.63, 3.8) is 0 Å². The molecule has 0 unspecified atom stereocenters. The zero-order chi connectivity index (χ0) is 14.7. The maximum absolute atomic E-state index is 13.2. The third-order valence-corrected chi connectivity index (χ3v) is 2.83. The second-order valence-corrected chi connectivity index (χ2v) is 4.26. The molecule has 2 aromatic carbocycles. The van der Waals surface area contributed by atoms with E-state index in [2.05, 4.69) is 5.32 Å². The summed E-state index contributed by atoms with van der Waals surface area (Å²) in [7, 11) is 1.38. The van der Waals surface area contributed by atoms with Crippen molar-refractivity contribution >= 4 is 11.6 Å². The van der Waals surface area contributed by atoms with Crippen molar-refractivity contribution < 1.29 is 18.3 Å². The van der Waals surface area contributed by atoms with Gasteiger partial charge in [-0.1, -0.05) is 0 Å². The van der Waals surface area contributed by atoms with Gasteiger partial charge in [-0.15, -0.1) is 0 Å². The van der Waals surface area contributed by atoms with Crippen molar-refractivity contribution in [1.29, 1.82) is 0 Å². The molecule has 0 saturated carbocycles. The summed E-state index contributed by atoms with van der Waals surface area (Å²) in [5.74, 6) is -1.03. The van der Waals surface area contributed by atoms with Crippen LogP contribution in [0.15, 0.2) is 36.4 Å². The maximum atomic E-state index is 13.2. The number of rotatable bonds is 3. The van der Waals surface area contributed by atoms with Crippen LogP contribution in [0.2, 0.25) is 0 Å². The number of nitrogens with one attached hydrogen (secondary N) is 1. The number of amides is 1. The molecular weight excluding hydrogens is 264 g/mol. The number of hydrogen-bond donors (Lipinski definition) is 1. The maximum Gasteiger partial charge on any atom is 0.255 e. The van der Waals surface area contributed by atoms with Crippen LogP contribution in [-0.2, 0) is 0 Å². The van der Waals surface area contributed by atoms with Gasteiger partial charge in [0.1, 0.15) is 17.4 Å². The zero-order valence-electron chi connectivity index (χ0n) is 11.0. The normalized spacial score (nSPS) is 10.2. The van der Waals surface area contributed by atoms with Crippen molar-refractivity contribution in [2.45, 2.75) is 6.92 Å². The Morgan fingerprint density at radius 2 is 1.90 bits per heavy atom. The minimum absolute atomic E-state index is 0.220. The van der Waals surface area contributed by atoms with E-state index in [1.807, 2.05) is 0 Å². The summed E-state index contributed by atoms with van der Waals surface area (Å²) in [6.07, 6.45) is 0. The highest BCUT2D eigenvalue weighted by Crippen LogP contribution is 2.25. The van der Waals surface area contributed by atoms with Gasteiger partial charge in [-0.05, 0) is 42.8 Å². The van der Waals surface area contributed by atoms with Crippen LogP contribution in [0.1, 0.15) is 15.9 Å². The van der Waals surface area contributed by atoms with E-state index < -0.39 is 11.7 Å². The van der Waals surface area contributed by atoms with E-state index in [0.717, 1.165) is 0 Å². The lowest BCUT2D eigenvalue weighted by atomic mass is 10.1. The van der Waals surface area contributed by atoms with E-state index in [9.17, 15) is 13.6 Å². The van der Waals surface area contributed by atoms with Gasteiger partial charge in [0.25, 0.3) is 5.91 Å². The predicted octanol–water partition coefficient (Wildman–Crippen LogP) is 3.53. The van der Waals surface area contributed by atoms with Gasteiger partial charge in [0.05, 0.1) is 12.8 Å². The fourth-order valence-corrected chi connectivity index (χ4v) is 1.75. The first kappa shape index (κ1) is 14.0. The van der Waals surface area contributed by atoms with Crippen molar-refractivity contribution in [3.8, 4) is 5.75 Å². The SMILES string of the molecule is COc1cc(F)ccc1NC(=O)c1ccc(F)c(C)c1. The number of anilines is 1. The number of methoxy groups -OCH3 is 1. The van der Waals surface area contributed by atoms with Crippen molar-refractivity contribution in [2.75, 3.05) is 12.4 Å². The number of ether oxygens (including phenoxy) is 1. The number of hydrogen-bond acceptors (Lipinski definition) is 2. The lowest BCUT2D eigenvalue weighted by molar-refractivity contribution is 0.102. The molecule has 0 spiro atoms. The molecule has 3 nitrogen and oxygen atoms in total. The zero-order valence-corrected chi connectivity index (χ0v) is 11.0. The summed E-state index contributed by atoms with van der Waals surface area (Å²) in [6.45, 7) is 1.57. The first-order chi connectivity index (χ1) is 9.51.